The number of nitrogens with zero attached hydrogens (tertiary/aromatic N) is 1. The molecule has 0 unspecified atom stereocenters. The molecule has 18 heavy (non-hydrogen) atoms. The van der Waals surface area contributed by atoms with Gasteiger partial charge in [-0.25, -0.2) is 0 Å². The first-order valence-electron chi connectivity index (χ1n) is 5.62. The standard InChI is InChI=1S/C13H13BrN2O2/c1-9-8-10(18-16-9)6-7-15-13(17)11-4-2-3-5-12(11)14/h2-5,8H,6-7H2,1H3,(H,15,17). The van der Waals surface area contributed by atoms with Gasteiger partial charge in [-0.1, -0.05) is 17.3 Å². The van der Waals surface area contributed by atoms with E-state index in [0.717, 1.165) is 15.9 Å². The highest BCUT2D eigenvalue weighted by molar-refractivity contribution is 9.10. The Labute approximate surface area is 113 Å². The molecule has 0 atom stereocenters. The van der Waals surface area contributed by atoms with Gasteiger partial charge in [0.2, 0.25) is 0 Å². The predicted octanol–water partition coefficient (Wildman–Crippen LogP) is 2.72. The Kier molecular flexibility index (Phi) is 4.15. The molecule has 1 amide bonds. The molecule has 1 aromatic heterocycles. The zero-order valence-corrected chi connectivity index (χ0v) is 11.5. The predicted molar refractivity (Wildman–Crippen MR) is 71.4 cm³/mol. The highest BCUT2D eigenvalue weighted by Crippen LogP contribution is 2.15. The normalized spacial score (nSPS) is 10.3. The van der Waals surface area contributed by atoms with Crippen LogP contribution >= 0.6 is 15.9 Å². The largest absolute Gasteiger partial charge is 0.361 e. The number of aromatic nitrogens is 1. The molecule has 1 N–H and O–H groups in total. The van der Waals surface area contributed by atoms with Crippen molar-refractivity contribution in [1.82, 2.24) is 10.5 Å². The third kappa shape index (κ3) is 3.20. The van der Waals surface area contributed by atoms with Crippen LogP contribution in [0.3, 0.4) is 0 Å². The van der Waals surface area contributed by atoms with E-state index in [0.29, 0.717) is 18.5 Å². The lowest BCUT2D eigenvalue weighted by Crippen LogP contribution is -2.25. The second-order valence-electron chi connectivity index (χ2n) is 3.92. The van der Waals surface area contributed by atoms with E-state index in [4.69, 9.17) is 4.52 Å². The smallest absolute Gasteiger partial charge is 0.252 e. The van der Waals surface area contributed by atoms with Crippen LogP contribution in [0, 0.1) is 6.92 Å². The van der Waals surface area contributed by atoms with Crippen molar-refractivity contribution in [1.29, 1.82) is 0 Å². The number of hydrogen-bond donors (Lipinski definition) is 1. The SMILES string of the molecule is Cc1cc(CCNC(=O)c2ccccc2Br)on1. The second kappa shape index (κ2) is 5.82. The zero-order chi connectivity index (χ0) is 13.0. The van der Waals surface area contributed by atoms with Gasteiger partial charge in [0, 0.05) is 23.5 Å². The lowest BCUT2D eigenvalue weighted by Gasteiger charge is -2.05. The summed E-state index contributed by atoms with van der Waals surface area (Å²) in [6.45, 7) is 2.39. The van der Waals surface area contributed by atoms with Gasteiger partial charge in [-0.15, -0.1) is 0 Å². The fraction of sp³-hybridized carbons (Fsp3) is 0.231. The average Bonchev–Trinajstić information content (AvgIpc) is 2.75. The van der Waals surface area contributed by atoms with Crippen molar-refractivity contribution in [3.63, 3.8) is 0 Å². The van der Waals surface area contributed by atoms with E-state index in [9.17, 15) is 4.79 Å². The van der Waals surface area contributed by atoms with Crippen LogP contribution in [0.4, 0.5) is 0 Å². The van der Waals surface area contributed by atoms with Crippen molar-refractivity contribution in [3.8, 4) is 0 Å². The van der Waals surface area contributed by atoms with Crippen LogP contribution in [0.15, 0.2) is 39.3 Å². The molecule has 1 aromatic carbocycles. The third-order valence-corrected chi connectivity index (χ3v) is 3.14. The fourth-order valence-corrected chi connectivity index (χ4v) is 2.04. The summed E-state index contributed by atoms with van der Waals surface area (Å²) in [5, 5.41) is 6.63. The topological polar surface area (TPSA) is 55.1 Å². The van der Waals surface area contributed by atoms with Gasteiger partial charge in [0.05, 0.1) is 11.3 Å². The molecule has 0 aliphatic carbocycles. The summed E-state index contributed by atoms with van der Waals surface area (Å²) in [5.41, 5.74) is 1.48. The first-order valence-corrected chi connectivity index (χ1v) is 6.41. The Balaban J connectivity index is 1.87. The maximum absolute atomic E-state index is 11.9. The molecule has 4 nitrogen and oxygen atoms in total. The maximum atomic E-state index is 11.9. The van der Waals surface area contributed by atoms with Crippen molar-refractivity contribution < 1.29 is 9.32 Å². The van der Waals surface area contributed by atoms with Crippen molar-refractivity contribution in [3.05, 3.63) is 51.8 Å². The van der Waals surface area contributed by atoms with Gasteiger partial charge in [-0.05, 0) is 35.0 Å². The highest BCUT2D eigenvalue weighted by Gasteiger charge is 2.08. The van der Waals surface area contributed by atoms with Gasteiger partial charge in [0.25, 0.3) is 5.91 Å². The van der Waals surface area contributed by atoms with Crippen molar-refractivity contribution >= 4 is 21.8 Å². The molecule has 0 aliphatic rings. The van der Waals surface area contributed by atoms with E-state index in [2.05, 4.69) is 26.4 Å². The molecule has 1 heterocycles. The quantitative estimate of drug-likeness (QED) is 0.945. The van der Waals surface area contributed by atoms with E-state index >= 15 is 0 Å². The van der Waals surface area contributed by atoms with E-state index in [-0.39, 0.29) is 5.91 Å². The summed E-state index contributed by atoms with van der Waals surface area (Å²) in [7, 11) is 0. The summed E-state index contributed by atoms with van der Waals surface area (Å²) in [6, 6.07) is 9.19. The van der Waals surface area contributed by atoms with Crippen LogP contribution in [0.2, 0.25) is 0 Å². The monoisotopic (exact) mass is 308 g/mol. The van der Waals surface area contributed by atoms with Crippen LogP contribution in [0.1, 0.15) is 21.8 Å². The molecule has 0 saturated carbocycles. The van der Waals surface area contributed by atoms with Gasteiger partial charge >= 0.3 is 0 Å². The Morgan fingerprint density at radius 1 is 1.44 bits per heavy atom. The number of carbonyl (C=O) groups is 1. The Bertz CT molecular complexity index is 551. The number of nitrogens with one attached hydrogen (secondary N) is 1. The molecule has 94 valence electrons. The molecule has 0 aliphatic heterocycles. The zero-order valence-electron chi connectivity index (χ0n) is 9.94. The van der Waals surface area contributed by atoms with Crippen LogP contribution in [-0.2, 0) is 6.42 Å². The number of amides is 1. The van der Waals surface area contributed by atoms with Crippen molar-refractivity contribution in [2.24, 2.45) is 0 Å². The van der Waals surface area contributed by atoms with Gasteiger partial charge in [0.15, 0.2) is 0 Å². The number of aryl methyl sites for hydroxylation is 1. The summed E-state index contributed by atoms with van der Waals surface area (Å²) in [5.74, 6) is 0.679. The highest BCUT2D eigenvalue weighted by atomic mass is 79.9. The molecule has 0 fully saturated rings. The first-order chi connectivity index (χ1) is 8.66. The minimum absolute atomic E-state index is 0.0984. The molecular formula is C13H13BrN2O2. The summed E-state index contributed by atoms with van der Waals surface area (Å²) in [4.78, 5) is 11.9. The average molecular weight is 309 g/mol. The molecule has 0 bridgehead atoms. The molecular weight excluding hydrogens is 296 g/mol. The number of halogens is 1. The number of benzene rings is 1. The number of carbonyl (C=O) groups excluding carboxylic acids is 1. The third-order valence-electron chi connectivity index (χ3n) is 2.45. The van der Waals surface area contributed by atoms with E-state index in [1.54, 1.807) is 6.07 Å². The summed E-state index contributed by atoms with van der Waals surface area (Å²) in [6.07, 6.45) is 0.636. The minimum Gasteiger partial charge on any atom is -0.361 e. The van der Waals surface area contributed by atoms with E-state index in [1.807, 2.05) is 31.2 Å². The van der Waals surface area contributed by atoms with Crippen LogP contribution in [0.5, 0.6) is 0 Å². The van der Waals surface area contributed by atoms with Gasteiger partial charge in [-0.3, -0.25) is 4.79 Å². The Morgan fingerprint density at radius 3 is 2.89 bits per heavy atom. The lowest BCUT2D eigenvalue weighted by atomic mass is 10.2. The molecule has 2 aromatic rings. The number of hydrogen-bond acceptors (Lipinski definition) is 3. The molecule has 0 radical (unpaired) electrons. The maximum Gasteiger partial charge on any atom is 0.252 e. The molecule has 5 heteroatoms. The lowest BCUT2D eigenvalue weighted by molar-refractivity contribution is 0.0953. The Hall–Kier alpha value is -1.62. The van der Waals surface area contributed by atoms with Crippen molar-refractivity contribution in [2.75, 3.05) is 6.54 Å². The van der Waals surface area contributed by atoms with E-state index < -0.39 is 0 Å². The van der Waals surface area contributed by atoms with Crippen LogP contribution in [-0.4, -0.2) is 17.6 Å². The molecule has 0 spiro atoms. The molecule has 0 saturated heterocycles. The number of rotatable bonds is 4. The van der Waals surface area contributed by atoms with Gasteiger partial charge in [0.1, 0.15) is 5.76 Å². The van der Waals surface area contributed by atoms with Crippen LogP contribution < -0.4 is 5.32 Å². The van der Waals surface area contributed by atoms with E-state index in [1.165, 1.54) is 0 Å². The Morgan fingerprint density at radius 2 is 2.22 bits per heavy atom. The first kappa shape index (κ1) is 12.8. The van der Waals surface area contributed by atoms with Gasteiger partial charge in [-0.2, -0.15) is 0 Å². The van der Waals surface area contributed by atoms with Crippen LogP contribution in [0.25, 0.3) is 0 Å². The molecule has 2 rings (SSSR count). The summed E-state index contributed by atoms with van der Waals surface area (Å²) < 4.78 is 5.85. The van der Waals surface area contributed by atoms with Gasteiger partial charge < -0.3 is 9.84 Å². The fourth-order valence-electron chi connectivity index (χ4n) is 1.57. The summed E-state index contributed by atoms with van der Waals surface area (Å²) >= 11 is 3.35. The second-order valence-corrected chi connectivity index (χ2v) is 4.77. The minimum atomic E-state index is -0.0984. The van der Waals surface area contributed by atoms with Crippen molar-refractivity contribution in [2.45, 2.75) is 13.3 Å².